The van der Waals surface area contributed by atoms with Gasteiger partial charge in [-0.1, -0.05) is 30.3 Å². The normalized spacial score (nSPS) is 11.4. The Morgan fingerprint density at radius 2 is 1.43 bits per heavy atom. The number of amides is 4. The number of hydrogen-bond donors (Lipinski definition) is 2. The molecule has 0 bridgehead atoms. The van der Waals surface area contributed by atoms with E-state index in [9.17, 15) is 19.2 Å². The van der Waals surface area contributed by atoms with Gasteiger partial charge in [0.15, 0.2) is 6.10 Å². The maximum atomic E-state index is 12.9. The molecule has 1 atom stereocenters. The molecule has 0 saturated heterocycles. The first-order chi connectivity index (χ1) is 14.2. The number of benzene rings is 2. The van der Waals surface area contributed by atoms with Crippen molar-refractivity contribution in [1.29, 1.82) is 0 Å². The van der Waals surface area contributed by atoms with Crippen LogP contribution in [0.25, 0.3) is 0 Å². The predicted molar refractivity (Wildman–Crippen MR) is 112 cm³/mol. The molecule has 4 amide bonds. The van der Waals surface area contributed by atoms with E-state index in [4.69, 9.17) is 4.74 Å². The zero-order valence-corrected chi connectivity index (χ0v) is 17.3. The molecule has 0 radical (unpaired) electrons. The number of rotatable bonds is 6. The molecular formula is C22H25N3O5. The fraction of sp³-hybridized carbons (Fsp3) is 0.273. The van der Waals surface area contributed by atoms with Crippen molar-refractivity contribution in [2.45, 2.75) is 32.9 Å². The van der Waals surface area contributed by atoms with E-state index in [-0.39, 0.29) is 17.2 Å². The van der Waals surface area contributed by atoms with E-state index in [1.807, 2.05) is 6.07 Å². The lowest BCUT2D eigenvalue weighted by molar-refractivity contribution is -0.127. The molecule has 0 fully saturated rings. The van der Waals surface area contributed by atoms with Crippen LogP contribution in [0.15, 0.2) is 54.6 Å². The number of para-hydroxylation sites is 1. The second-order valence-corrected chi connectivity index (χ2v) is 6.91. The first kappa shape index (κ1) is 22.6. The van der Waals surface area contributed by atoms with Crippen LogP contribution in [0.4, 0.5) is 10.5 Å². The number of nitrogens with one attached hydrogen (secondary N) is 2. The van der Waals surface area contributed by atoms with Crippen molar-refractivity contribution in [3.05, 3.63) is 65.7 Å². The number of carbonyl (C=O) groups is 4. The van der Waals surface area contributed by atoms with Crippen molar-refractivity contribution in [3.63, 3.8) is 0 Å². The van der Waals surface area contributed by atoms with Crippen molar-refractivity contribution in [3.8, 4) is 0 Å². The summed E-state index contributed by atoms with van der Waals surface area (Å²) in [4.78, 5) is 50.7. The Balaban J connectivity index is 2.12. The van der Waals surface area contributed by atoms with Crippen molar-refractivity contribution in [1.82, 2.24) is 10.6 Å². The highest BCUT2D eigenvalue weighted by atomic mass is 16.5. The molecule has 2 rings (SSSR count). The Labute approximate surface area is 175 Å². The van der Waals surface area contributed by atoms with Crippen LogP contribution in [-0.2, 0) is 9.53 Å². The minimum atomic E-state index is -1.23. The molecule has 0 saturated carbocycles. The highest BCUT2D eigenvalue weighted by molar-refractivity contribution is 6.12. The standard InChI is InChI=1S/C22H25N3O5/c1-14(2)23-22(29)24-19(26)15(3)30-21(28)18-13-9-8-12-17(18)20(27)25(4)16-10-6-5-7-11-16/h5-15H,1-4H3,(H2,23,24,26,29)/t15-/m0/s1. The highest BCUT2D eigenvalue weighted by Gasteiger charge is 2.25. The minimum Gasteiger partial charge on any atom is -0.449 e. The molecule has 2 aromatic rings. The van der Waals surface area contributed by atoms with Crippen LogP contribution < -0.4 is 15.5 Å². The van der Waals surface area contributed by atoms with Gasteiger partial charge in [-0.25, -0.2) is 9.59 Å². The van der Waals surface area contributed by atoms with Crippen LogP contribution in [0.1, 0.15) is 41.5 Å². The number of urea groups is 1. The third-order valence-electron chi connectivity index (χ3n) is 4.14. The van der Waals surface area contributed by atoms with Crippen LogP contribution in [0.5, 0.6) is 0 Å². The van der Waals surface area contributed by atoms with Crippen LogP contribution in [0, 0.1) is 0 Å². The van der Waals surface area contributed by atoms with E-state index in [0.29, 0.717) is 5.69 Å². The van der Waals surface area contributed by atoms with E-state index < -0.39 is 29.9 Å². The van der Waals surface area contributed by atoms with Crippen LogP contribution >= 0.6 is 0 Å². The van der Waals surface area contributed by atoms with Crippen LogP contribution in [-0.4, -0.2) is 43.0 Å². The Morgan fingerprint density at radius 1 is 0.867 bits per heavy atom. The van der Waals surface area contributed by atoms with E-state index in [1.165, 1.54) is 24.0 Å². The molecular weight excluding hydrogens is 386 g/mol. The SMILES string of the molecule is CC(C)NC(=O)NC(=O)[C@H](C)OC(=O)c1ccccc1C(=O)N(C)c1ccccc1. The Bertz CT molecular complexity index is 927. The summed E-state index contributed by atoms with van der Waals surface area (Å²) in [6, 6.07) is 14.3. The Morgan fingerprint density at radius 3 is 2.03 bits per heavy atom. The lowest BCUT2D eigenvalue weighted by Crippen LogP contribution is -2.46. The molecule has 158 valence electrons. The monoisotopic (exact) mass is 411 g/mol. The largest absolute Gasteiger partial charge is 0.449 e. The summed E-state index contributed by atoms with van der Waals surface area (Å²) < 4.78 is 5.18. The highest BCUT2D eigenvalue weighted by Crippen LogP contribution is 2.18. The second kappa shape index (κ2) is 10.2. The molecule has 8 heteroatoms. The van der Waals surface area contributed by atoms with E-state index in [1.54, 1.807) is 57.3 Å². The van der Waals surface area contributed by atoms with Crippen molar-refractivity contribution < 1.29 is 23.9 Å². The third kappa shape index (κ3) is 5.91. The number of esters is 1. The third-order valence-corrected chi connectivity index (χ3v) is 4.14. The quantitative estimate of drug-likeness (QED) is 0.711. The number of imide groups is 1. The Kier molecular flexibility index (Phi) is 7.69. The molecule has 0 spiro atoms. The molecule has 8 nitrogen and oxygen atoms in total. The summed E-state index contributed by atoms with van der Waals surface area (Å²) in [7, 11) is 1.60. The first-order valence-corrected chi connectivity index (χ1v) is 9.45. The molecule has 0 aliphatic heterocycles. The van der Waals surface area contributed by atoms with Gasteiger partial charge in [-0.3, -0.25) is 14.9 Å². The van der Waals surface area contributed by atoms with Gasteiger partial charge in [0, 0.05) is 18.8 Å². The predicted octanol–water partition coefficient (Wildman–Crippen LogP) is 2.74. The topological polar surface area (TPSA) is 105 Å². The molecule has 2 N–H and O–H groups in total. The lowest BCUT2D eigenvalue weighted by atomic mass is 10.1. The molecule has 2 aromatic carbocycles. The molecule has 0 unspecified atom stereocenters. The molecule has 0 heterocycles. The summed E-state index contributed by atoms with van der Waals surface area (Å²) in [6.07, 6.45) is -1.23. The zero-order valence-electron chi connectivity index (χ0n) is 17.3. The number of nitrogens with zero attached hydrogens (tertiary/aromatic N) is 1. The summed E-state index contributed by atoms with van der Waals surface area (Å²) >= 11 is 0. The van der Waals surface area contributed by atoms with Gasteiger partial charge in [0.25, 0.3) is 11.8 Å². The van der Waals surface area contributed by atoms with Gasteiger partial charge in [-0.15, -0.1) is 0 Å². The van der Waals surface area contributed by atoms with Gasteiger partial charge in [0.2, 0.25) is 0 Å². The fourth-order valence-corrected chi connectivity index (χ4v) is 2.59. The van der Waals surface area contributed by atoms with Crippen molar-refractivity contribution in [2.75, 3.05) is 11.9 Å². The van der Waals surface area contributed by atoms with E-state index >= 15 is 0 Å². The van der Waals surface area contributed by atoms with Gasteiger partial charge in [0.1, 0.15) is 0 Å². The maximum absolute atomic E-state index is 12.9. The van der Waals surface area contributed by atoms with Gasteiger partial charge < -0.3 is 15.0 Å². The number of carbonyl (C=O) groups excluding carboxylic acids is 4. The van der Waals surface area contributed by atoms with Gasteiger partial charge >= 0.3 is 12.0 Å². The minimum absolute atomic E-state index is 0.0246. The summed E-state index contributed by atoms with van der Waals surface area (Å²) in [6.45, 7) is 4.83. The van der Waals surface area contributed by atoms with Crippen molar-refractivity contribution >= 4 is 29.5 Å². The average Bonchev–Trinajstić information content (AvgIpc) is 2.72. The van der Waals surface area contributed by atoms with E-state index in [2.05, 4.69) is 10.6 Å². The van der Waals surface area contributed by atoms with Crippen LogP contribution in [0.3, 0.4) is 0 Å². The van der Waals surface area contributed by atoms with Gasteiger partial charge in [-0.05, 0) is 45.0 Å². The van der Waals surface area contributed by atoms with Gasteiger partial charge in [0.05, 0.1) is 11.1 Å². The Hall–Kier alpha value is -3.68. The fourth-order valence-electron chi connectivity index (χ4n) is 2.59. The lowest BCUT2D eigenvalue weighted by Gasteiger charge is -2.19. The zero-order chi connectivity index (χ0) is 22.3. The number of anilines is 1. The van der Waals surface area contributed by atoms with E-state index in [0.717, 1.165) is 0 Å². The molecule has 30 heavy (non-hydrogen) atoms. The van der Waals surface area contributed by atoms with Gasteiger partial charge in [-0.2, -0.15) is 0 Å². The molecule has 0 aliphatic rings. The smallest absolute Gasteiger partial charge is 0.339 e. The summed E-state index contributed by atoms with van der Waals surface area (Å²) in [5.74, 6) is -2.01. The number of ether oxygens (including phenoxy) is 1. The first-order valence-electron chi connectivity index (χ1n) is 9.45. The van der Waals surface area contributed by atoms with Crippen molar-refractivity contribution in [2.24, 2.45) is 0 Å². The summed E-state index contributed by atoms with van der Waals surface area (Å²) in [5.41, 5.74) is 0.824. The molecule has 0 aliphatic carbocycles. The average molecular weight is 411 g/mol. The molecule has 0 aromatic heterocycles. The number of hydrogen-bond acceptors (Lipinski definition) is 5. The van der Waals surface area contributed by atoms with Crippen LogP contribution in [0.2, 0.25) is 0 Å². The summed E-state index contributed by atoms with van der Waals surface area (Å²) in [5, 5.41) is 4.61. The maximum Gasteiger partial charge on any atom is 0.339 e. The second-order valence-electron chi connectivity index (χ2n) is 6.91.